The summed E-state index contributed by atoms with van der Waals surface area (Å²) in [5, 5.41) is 5.19. The van der Waals surface area contributed by atoms with E-state index in [4.69, 9.17) is 16.3 Å². The number of ether oxygens (including phenoxy) is 1. The Kier molecular flexibility index (Phi) is 5.43. The van der Waals surface area contributed by atoms with Gasteiger partial charge in [0, 0.05) is 16.3 Å². The molecular weight excluding hydrogens is 348 g/mol. The van der Waals surface area contributed by atoms with Crippen molar-refractivity contribution in [3.8, 4) is 5.69 Å². The molecule has 0 atom stereocenters. The zero-order chi connectivity index (χ0) is 18.7. The Morgan fingerprint density at radius 2 is 1.92 bits per heavy atom. The van der Waals surface area contributed by atoms with Gasteiger partial charge in [0.25, 0.3) is 0 Å². The second kappa shape index (κ2) is 7.75. The van der Waals surface area contributed by atoms with Crippen molar-refractivity contribution in [1.82, 2.24) is 9.78 Å². The maximum Gasteiger partial charge on any atom is 0.338 e. The van der Waals surface area contributed by atoms with E-state index in [2.05, 4.69) is 12.0 Å². The number of rotatable bonds is 5. The number of benzene rings is 2. The van der Waals surface area contributed by atoms with Gasteiger partial charge in [0.15, 0.2) is 0 Å². The third-order valence-electron chi connectivity index (χ3n) is 4.44. The van der Waals surface area contributed by atoms with E-state index in [9.17, 15) is 4.79 Å². The van der Waals surface area contributed by atoms with Crippen LogP contribution in [0.3, 0.4) is 0 Å². The number of aryl methyl sites for hydroxylation is 1. The van der Waals surface area contributed by atoms with E-state index in [0.717, 1.165) is 29.1 Å². The molecule has 134 valence electrons. The Bertz CT molecular complexity index is 947. The topological polar surface area (TPSA) is 44.1 Å². The first-order chi connectivity index (χ1) is 12.5. The molecular formula is C21H21ClN2O2. The van der Waals surface area contributed by atoms with Crippen molar-refractivity contribution in [3.63, 3.8) is 0 Å². The number of halogens is 1. The van der Waals surface area contributed by atoms with Crippen molar-refractivity contribution >= 4 is 17.6 Å². The third-order valence-corrected chi connectivity index (χ3v) is 4.81. The minimum absolute atomic E-state index is 0.141. The maximum absolute atomic E-state index is 12.4. The third kappa shape index (κ3) is 3.65. The standard InChI is InChI=1S/C21H21ClN2O2/c1-4-19-14(2)23-24(15(19)3)18-10-7-9-16(12-18)21(25)26-13-17-8-5-6-11-20(17)22/h5-12H,4,13H2,1-3H3. The molecule has 26 heavy (non-hydrogen) atoms. The number of aromatic nitrogens is 2. The molecule has 0 saturated heterocycles. The molecule has 0 N–H and O–H groups in total. The van der Waals surface area contributed by atoms with Crippen LogP contribution in [0.25, 0.3) is 5.69 Å². The van der Waals surface area contributed by atoms with Crippen LogP contribution < -0.4 is 0 Å². The van der Waals surface area contributed by atoms with Crippen molar-refractivity contribution in [2.24, 2.45) is 0 Å². The predicted octanol–water partition coefficient (Wildman–Crippen LogP) is 5.06. The molecule has 5 heteroatoms. The molecule has 0 spiro atoms. The zero-order valence-electron chi connectivity index (χ0n) is 15.1. The average molecular weight is 369 g/mol. The van der Waals surface area contributed by atoms with Gasteiger partial charge in [-0.25, -0.2) is 9.48 Å². The minimum Gasteiger partial charge on any atom is -0.457 e. The van der Waals surface area contributed by atoms with Gasteiger partial charge in [0.2, 0.25) is 0 Å². The molecule has 2 aromatic carbocycles. The van der Waals surface area contributed by atoms with Gasteiger partial charge in [0.05, 0.1) is 16.9 Å². The summed E-state index contributed by atoms with van der Waals surface area (Å²) in [6.45, 7) is 6.30. The average Bonchev–Trinajstić information content (AvgIpc) is 2.94. The van der Waals surface area contributed by atoms with Crippen molar-refractivity contribution < 1.29 is 9.53 Å². The second-order valence-electron chi connectivity index (χ2n) is 6.13. The lowest BCUT2D eigenvalue weighted by Crippen LogP contribution is -2.07. The number of hydrogen-bond acceptors (Lipinski definition) is 3. The number of nitrogens with zero attached hydrogens (tertiary/aromatic N) is 2. The Hall–Kier alpha value is -2.59. The lowest BCUT2D eigenvalue weighted by atomic mass is 10.1. The van der Waals surface area contributed by atoms with Gasteiger partial charge in [-0.2, -0.15) is 5.10 Å². The predicted molar refractivity (Wildman–Crippen MR) is 103 cm³/mol. The van der Waals surface area contributed by atoms with Gasteiger partial charge < -0.3 is 4.74 Å². The van der Waals surface area contributed by atoms with Crippen LogP contribution in [0, 0.1) is 13.8 Å². The van der Waals surface area contributed by atoms with Crippen molar-refractivity contribution in [1.29, 1.82) is 0 Å². The highest BCUT2D eigenvalue weighted by molar-refractivity contribution is 6.31. The van der Waals surface area contributed by atoms with Crippen LogP contribution in [0.4, 0.5) is 0 Å². The first-order valence-electron chi connectivity index (χ1n) is 8.57. The molecule has 0 aliphatic rings. The Morgan fingerprint density at radius 1 is 1.15 bits per heavy atom. The largest absolute Gasteiger partial charge is 0.457 e. The summed E-state index contributed by atoms with van der Waals surface area (Å²) in [7, 11) is 0. The van der Waals surface area contributed by atoms with Crippen LogP contribution in [-0.4, -0.2) is 15.7 Å². The number of carbonyl (C=O) groups excluding carboxylic acids is 1. The smallest absolute Gasteiger partial charge is 0.338 e. The summed E-state index contributed by atoms with van der Waals surface area (Å²) in [4.78, 5) is 12.4. The molecule has 0 amide bonds. The van der Waals surface area contributed by atoms with E-state index in [1.165, 1.54) is 5.56 Å². The molecule has 4 nitrogen and oxygen atoms in total. The normalized spacial score (nSPS) is 10.8. The van der Waals surface area contributed by atoms with E-state index < -0.39 is 0 Å². The quantitative estimate of drug-likeness (QED) is 0.591. The van der Waals surface area contributed by atoms with E-state index in [0.29, 0.717) is 10.6 Å². The highest BCUT2D eigenvalue weighted by Gasteiger charge is 2.14. The van der Waals surface area contributed by atoms with Crippen LogP contribution in [0.15, 0.2) is 48.5 Å². The summed E-state index contributed by atoms with van der Waals surface area (Å²) in [5.41, 5.74) is 5.45. The molecule has 0 bridgehead atoms. The summed E-state index contributed by atoms with van der Waals surface area (Å²) in [6, 6.07) is 14.6. The summed E-state index contributed by atoms with van der Waals surface area (Å²) in [6.07, 6.45) is 0.928. The maximum atomic E-state index is 12.4. The van der Waals surface area contributed by atoms with Gasteiger partial charge in [-0.1, -0.05) is 42.8 Å². The van der Waals surface area contributed by atoms with Crippen LogP contribution in [-0.2, 0) is 17.8 Å². The van der Waals surface area contributed by atoms with Crippen LogP contribution >= 0.6 is 11.6 Å². The molecule has 3 aromatic rings. The second-order valence-corrected chi connectivity index (χ2v) is 6.54. The summed E-state index contributed by atoms with van der Waals surface area (Å²) >= 11 is 6.10. The number of carbonyl (C=O) groups is 1. The van der Waals surface area contributed by atoms with Crippen molar-refractivity contribution in [3.05, 3.63) is 81.6 Å². The monoisotopic (exact) mass is 368 g/mol. The van der Waals surface area contributed by atoms with E-state index in [1.807, 2.05) is 48.9 Å². The molecule has 1 heterocycles. The lowest BCUT2D eigenvalue weighted by Gasteiger charge is -2.09. The van der Waals surface area contributed by atoms with E-state index >= 15 is 0 Å². The van der Waals surface area contributed by atoms with E-state index in [-0.39, 0.29) is 12.6 Å². The van der Waals surface area contributed by atoms with Crippen molar-refractivity contribution in [2.45, 2.75) is 33.8 Å². The minimum atomic E-state index is -0.385. The summed E-state index contributed by atoms with van der Waals surface area (Å²) in [5.74, 6) is -0.385. The summed E-state index contributed by atoms with van der Waals surface area (Å²) < 4.78 is 7.29. The fourth-order valence-electron chi connectivity index (χ4n) is 3.04. The van der Waals surface area contributed by atoms with Crippen LogP contribution in [0.5, 0.6) is 0 Å². The SMILES string of the molecule is CCc1c(C)nn(-c2cccc(C(=O)OCc3ccccc3Cl)c2)c1C. The van der Waals surface area contributed by atoms with Gasteiger partial charge >= 0.3 is 5.97 Å². The van der Waals surface area contributed by atoms with E-state index in [1.54, 1.807) is 18.2 Å². The van der Waals surface area contributed by atoms with Gasteiger partial charge in [0.1, 0.15) is 6.61 Å². The Balaban J connectivity index is 1.81. The fourth-order valence-corrected chi connectivity index (χ4v) is 3.24. The number of esters is 1. The molecule has 0 aliphatic heterocycles. The zero-order valence-corrected chi connectivity index (χ0v) is 15.9. The molecule has 0 radical (unpaired) electrons. The van der Waals surface area contributed by atoms with Crippen LogP contribution in [0.1, 0.15) is 39.8 Å². The lowest BCUT2D eigenvalue weighted by molar-refractivity contribution is 0.0473. The Morgan fingerprint density at radius 3 is 2.62 bits per heavy atom. The van der Waals surface area contributed by atoms with Gasteiger partial charge in [-0.3, -0.25) is 0 Å². The molecule has 0 unspecified atom stereocenters. The van der Waals surface area contributed by atoms with Gasteiger partial charge in [-0.05, 0) is 50.1 Å². The molecule has 3 rings (SSSR count). The highest BCUT2D eigenvalue weighted by atomic mass is 35.5. The van der Waals surface area contributed by atoms with Crippen LogP contribution in [0.2, 0.25) is 5.02 Å². The highest BCUT2D eigenvalue weighted by Crippen LogP contribution is 2.20. The van der Waals surface area contributed by atoms with Gasteiger partial charge in [-0.15, -0.1) is 0 Å². The fraction of sp³-hybridized carbons (Fsp3) is 0.238. The number of hydrogen-bond donors (Lipinski definition) is 0. The van der Waals surface area contributed by atoms with Crippen molar-refractivity contribution in [2.75, 3.05) is 0 Å². The Labute approximate surface area is 158 Å². The molecule has 0 aliphatic carbocycles. The first-order valence-corrected chi connectivity index (χ1v) is 8.95. The molecule has 0 saturated carbocycles. The molecule has 1 aromatic heterocycles. The first kappa shape index (κ1) is 18.2. The molecule has 0 fully saturated rings.